The highest BCUT2D eigenvalue weighted by atomic mass is 32.1. The molecule has 0 amide bonds. The van der Waals surface area contributed by atoms with Crippen LogP contribution in [0, 0.1) is 0 Å². The minimum Gasteiger partial charge on any atom is -0.315 e. The summed E-state index contributed by atoms with van der Waals surface area (Å²) >= 11 is 4.32. The van der Waals surface area contributed by atoms with Crippen molar-refractivity contribution in [2.45, 2.75) is 32.9 Å². The Balaban J connectivity index is 3.50. The zero-order valence-electron chi connectivity index (χ0n) is 9.64. The summed E-state index contributed by atoms with van der Waals surface area (Å²) in [6, 6.07) is 1.00. The smallest absolute Gasteiger partial charge is 0.0281 e. The number of thiol groups is 1. The van der Waals surface area contributed by atoms with Crippen molar-refractivity contribution in [3.63, 3.8) is 0 Å². The van der Waals surface area contributed by atoms with Crippen molar-refractivity contribution < 1.29 is 0 Å². The van der Waals surface area contributed by atoms with Crippen molar-refractivity contribution in [1.82, 2.24) is 16.0 Å². The highest BCUT2D eigenvalue weighted by Gasteiger charge is 2.06. The number of rotatable bonds is 9. The van der Waals surface area contributed by atoms with E-state index in [9.17, 15) is 0 Å². The van der Waals surface area contributed by atoms with Gasteiger partial charge in [0.2, 0.25) is 0 Å². The molecule has 0 spiro atoms. The second kappa shape index (κ2) is 9.77. The number of hydrogen-bond acceptors (Lipinski definition) is 4. The van der Waals surface area contributed by atoms with Crippen LogP contribution in [0.5, 0.6) is 0 Å². The maximum absolute atomic E-state index is 4.32. The van der Waals surface area contributed by atoms with Crippen molar-refractivity contribution in [2.75, 3.05) is 31.9 Å². The van der Waals surface area contributed by atoms with E-state index in [1.807, 2.05) is 0 Å². The largest absolute Gasteiger partial charge is 0.315 e. The summed E-state index contributed by atoms with van der Waals surface area (Å²) in [6.45, 7) is 10.5. The molecule has 2 unspecified atom stereocenters. The summed E-state index contributed by atoms with van der Waals surface area (Å²) in [6.07, 6.45) is 0. The molecule has 0 saturated carbocycles. The molecule has 3 N–H and O–H groups in total. The van der Waals surface area contributed by atoms with Crippen molar-refractivity contribution in [3.8, 4) is 0 Å². The Kier molecular flexibility index (Phi) is 9.93. The van der Waals surface area contributed by atoms with Crippen LogP contribution in [0.2, 0.25) is 0 Å². The van der Waals surface area contributed by atoms with Crippen molar-refractivity contribution >= 4 is 12.6 Å². The zero-order chi connectivity index (χ0) is 10.8. The molecule has 0 bridgehead atoms. The Morgan fingerprint density at radius 2 is 1.79 bits per heavy atom. The number of likely N-dealkylation sites (N-methyl/N-ethyl adjacent to an activating group) is 2. The van der Waals surface area contributed by atoms with Gasteiger partial charge in [0.15, 0.2) is 0 Å². The van der Waals surface area contributed by atoms with E-state index in [0.717, 1.165) is 31.9 Å². The lowest BCUT2D eigenvalue weighted by atomic mass is 10.2. The van der Waals surface area contributed by atoms with Crippen LogP contribution in [-0.2, 0) is 0 Å². The van der Waals surface area contributed by atoms with Crippen molar-refractivity contribution in [1.29, 1.82) is 0 Å². The fourth-order valence-electron chi connectivity index (χ4n) is 1.28. The maximum Gasteiger partial charge on any atom is 0.0281 e. The molecule has 2 atom stereocenters. The zero-order valence-corrected chi connectivity index (χ0v) is 10.5. The Labute approximate surface area is 93.8 Å². The van der Waals surface area contributed by atoms with Gasteiger partial charge in [-0.25, -0.2) is 0 Å². The fraction of sp³-hybridized carbons (Fsp3) is 1.00. The third-order valence-corrected chi connectivity index (χ3v) is 2.57. The summed E-state index contributed by atoms with van der Waals surface area (Å²) in [5.41, 5.74) is 0. The first-order chi connectivity index (χ1) is 6.74. The van der Waals surface area contributed by atoms with E-state index in [0.29, 0.717) is 12.1 Å². The van der Waals surface area contributed by atoms with Gasteiger partial charge in [0.05, 0.1) is 0 Å². The fourth-order valence-corrected chi connectivity index (χ4v) is 1.54. The Bertz CT molecular complexity index is 122. The van der Waals surface area contributed by atoms with Gasteiger partial charge in [-0.15, -0.1) is 0 Å². The average Bonchev–Trinajstić information content (AvgIpc) is 2.19. The van der Waals surface area contributed by atoms with Gasteiger partial charge in [-0.05, 0) is 20.0 Å². The quantitative estimate of drug-likeness (QED) is 0.426. The summed E-state index contributed by atoms with van der Waals surface area (Å²) in [5, 5.41) is 10.2. The van der Waals surface area contributed by atoms with Crippen molar-refractivity contribution in [2.24, 2.45) is 0 Å². The number of nitrogens with one attached hydrogen (secondary N) is 3. The normalized spacial score (nSPS) is 15.4. The highest BCUT2D eigenvalue weighted by Crippen LogP contribution is 1.87. The summed E-state index contributed by atoms with van der Waals surface area (Å²) in [5.74, 6) is 0.881. The van der Waals surface area contributed by atoms with Gasteiger partial charge >= 0.3 is 0 Å². The molecule has 0 saturated heterocycles. The van der Waals surface area contributed by atoms with Crippen LogP contribution >= 0.6 is 12.6 Å². The Hall–Kier alpha value is 0.230. The third-order valence-electron chi connectivity index (χ3n) is 2.13. The van der Waals surface area contributed by atoms with Gasteiger partial charge in [0.25, 0.3) is 0 Å². The van der Waals surface area contributed by atoms with E-state index in [1.165, 1.54) is 0 Å². The molecule has 86 valence electrons. The van der Waals surface area contributed by atoms with Gasteiger partial charge in [0, 0.05) is 30.9 Å². The van der Waals surface area contributed by atoms with E-state index in [-0.39, 0.29) is 0 Å². The van der Waals surface area contributed by atoms with Gasteiger partial charge in [-0.2, -0.15) is 12.6 Å². The lowest BCUT2D eigenvalue weighted by molar-refractivity contribution is 0.457. The minimum absolute atomic E-state index is 0.472. The van der Waals surface area contributed by atoms with E-state index in [4.69, 9.17) is 0 Å². The molecular weight excluding hydrogens is 194 g/mol. The minimum atomic E-state index is 0.472. The lowest BCUT2D eigenvalue weighted by Crippen LogP contribution is -2.45. The molecule has 0 aliphatic carbocycles. The van der Waals surface area contributed by atoms with Crippen LogP contribution in [0.25, 0.3) is 0 Å². The van der Waals surface area contributed by atoms with Gasteiger partial charge in [-0.1, -0.05) is 13.8 Å². The molecule has 14 heavy (non-hydrogen) atoms. The van der Waals surface area contributed by atoms with E-state index >= 15 is 0 Å². The summed E-state index contributed by atoms with van der Waals surface area (Å²) in [7, 11) is 0. The predicted octanol–water partition coefficient (Wildman–Crippen LogP) is 0.482. The predicted molar refractivity (Wildman–Crippen MR) is 67.3 cm³/mol. The third kappa shape index (κ3) is 7.62. The van der Waals surface area contributed by atoms with E-state index in [1.54, 1.807) is 0 Å². The van der Waals surface area contributed by atoms with Crippen LogP contribution in [0.15, 0.2) is 0 Å². The van der Waals surface area contributed by atoms with Gasteiger partial charge in [-0.3, -0.25) is 0 Å². The monoisotopic (exact) mass is 219 g/mol. The van der Waals surface area contributed by atoms with E-state index in [2.05, 4.69) is 49.4 Å². The molecule has 0 aromatic carbocycles. The maximum atomic E-state index is 4.32. The molecule has 0 aliphatic rings. The first kappa shape index (κ1) is 14.2. The van der Waals surface area contributed by atoms with Gasteiger partial charge in [0.1, 0.15) is 0 Å². The molecule has 0 fully saturated rings. The molecule has 3 nitrogen and oxygen atoms in total. The van der Waals surface area contributed by atoms with Crippen molar-refractivity contribution in [3.05, 3.63) is 0 Å². The van der Waals surface area contributed by atoms with Gasteiger partial charge < -0.3 is 16.0 Å². The standard InChI is InChI=1S/C10H25N3S/c1-4-11-7-10(8-14)13-6-9(3)12-5-2/h9-14H,4-8H2,1-3H3. The molecule has 0 aliphatic heterocycles. The van der Waals surface area contributed by atoms with Crippen LogP contribution in [0.3, 0.4) is 0 Å². The highest BCUT2D eigenvalue weighted by molar-refractivity contribution is 7.80. The number of hydrogen-bond donors (Lipinski definition) is 4. The van der Waals surface area contributed by atoms with E-state index < -0.39 is 0 Å². The molecule has 0 radical (unpaired) electrons. The second-order valence-electron chi connectivity index (χ2n) is 3.55. The molecular formula is C10H25N3S. The van der Waals surface area contributed by atoms with Crippen LogP contribution in [0.4, 0.5) is 0 Å². The van der Waals surface area contributed by atoms with Crippen LogP contribution in [0.1, 0.15) is 20.8 Å². The first-order valence-corrected chi connectivity index (χ1v) is 6.16. The molecule has 4 heteroatoms. The summed E-state index contributed by atoms with van der Waals surface area (Å²) < 4.78 is 0. The topological polar surface area (TPSA) is 36.1 Å². The first-order valence-electron chi connectivity index (χ1n) is 5.52. The SMILES string of the molecule is CCNCC(CS)NCC(C)NCC. The molecule has 0 rings (SSSR count). The Morgan fingerprint density at radius 3 is 2.29 bits per heavy atom. The average molecular weight is 219 g/mol. The molecule has 0 heterocycles. The lowest BCUT2D eigenvalue weighted by Gasteiger charge is -2.20. The second-order valence-corrected chi connectivity index (χ2v) is 3.92. The Morgan fingerprint density at radius 1 is 1.07 bits per heavy atom. The molecule has 0 aromatic rings. The van der Waals surface area contributed by atoms with Crippen LogP contribution < -0.4 is 16.0 Å². The molecule has 0 aromatic heterocycles. The summed E-state index contributed by atoms with van der Waals surface area (Å²) in [4.78, 5) is 0. The van der Waals surface area contributed by atoms with Crippen LogP contribution in [-0.4, -0.2) is 44.0 Å².